The molecule has 1 N–H and O–H groups in total. The van der Waals surface area contributed by atoms with Gasteiger partial charge in [0, 0.05) is 11.1 Å². The Balaban J connectivity index is 1.33. The molecule has 3 aliphatic rings. The van der Waals surface area contributed by atoms with Crippen LogP contribution < -0.4 is 4.98 Å². The Labute approximate surface area is 217 Å². The molecule has 1 aromatic carbocycles. The van der Waals surface area contributed by atoms with Crippen molar-refractivity contribution in [3.63, 3.8) is 0 Å². The minimum atomic E-state index is -1.69. The number of allylic oxidation sites excluding steroid dienone is 9. The van der Waals surface area contributed by atoms with Crippen LogP contribution in [0.5, 0.6) is 0 Å². The van der Waals surface area contributed by atoms with E-state index in [9.17, 15) is 0 Å². The predicted molar refractivity (Wildman–Crippen MR) is 161 cm³/mol. The molecule has 0 amide bonds. The summed E-state index contributed by atoms with van der Waals surface area (Å²) in [6, 6.07) is 10.5. The number of hydrogen-bond acceptors (Lipinski definition) is 1. The molecule has 0 fully saturated rings. The van der Waals surface area contributed by atoms with Crippen LogP contribution >= 0.6 is 0 Å². The van der Waals surface area contributed by atoms with Gasteiger partial charge in [-0.15, -0.1) is 0 Å². The van der Waals surface area contributed by atoms with Gasteiger partial charge in [-0.2, -0.15) is 0 Å². The Bertz CT molecular complexity index is 1040. The number of benzene rings is 1. The molecule has 3 heteroatoms. The largest absolute Gasteiger partial charge is 0.332 e. The maximum atomic E-state index is 4.07. The second kappa shape index (κ2) is 10.7. The van der Waals surface area contributed by atoms with Crippen molar-refractivity contribution >= 4 is 22.4 Å². The highest BCUT2D eigenvalue weighted by atomic mass is 28.3. The van der Waals surface area contributed by atoms with Gasteiger partial charge >= 0.3 is 0 Å². The second-order valence-corrected chi connectivity index (χ2v) is 21.7. The number of fused-ring (bicyclic) bond motifs is 1. The number of nitrogens with one attached hydrogen (secondary N) is 1. The molecule has 35 heavy (non-hydrogen) atoms. The van der Waals surface area contributed by atoms with Crippen LogP contribution in [-0.2, 0) is 0 Å². The average molecular weight is 502 g/mol. The Kier molecular flexibility index (Phi) is 8.10. The van der Waals surface area contributed by atoms with Crippen LogP contribution in [0.15, 0.2) is 77.6 Å². The van der Waals surface area contributed by atoms with Crippen LogP contribution in [-0.4, -0.2) is 21.8 Å². The Hall–Kier alpha value is -1.69. The Morgan fingerprint density at radius 2 is 1.66 bits per heavy atom. The molecule has 0 bridgehead atoms. The highest BCUT2D eigenvalue weighted by Gasteiger charge is 2.41. The first-order valence-corrected chi connectivity index (χ1v) is 19.8. The Morgan fingerprint density at radius 3 is 2.34 bits per heavy atom. The lowest BCUT2D eigenvalue weighted by Gasteiger charge is -2.39. The van der Waals surface area contributed by atoms with Crippen molar-refractivity contribution in [2.24, 2.45) is 0 Å². The van der Waals surface area contributed by atoms with Gasteiger partial charge in [0.1, 0.15) is 8.24 Å². The molecule has 3 aliphatic carbocycles. The number of hydrogen-bond donors (Lipinski definition) is 1. The molecule has 0 aliphatic heterocycles. The zero-order valence-electron chi connectivity index (χ0n) is 23.0. The SMILES string of the molecule is CC(C)(C)N[Si](C)(C)C1C(CCCCCC[Si](C)(C2=CCC=C2)C2C=CC=C2)=Cc2ccccc21. The van der Waals surface area contributed by atoms with E-state index < -0.39 is 16.3 Å². The smallest absolute Gasteiger partial charge is 0.131 e. The van der Waals surface area contributed by atoms with Gasteiger partial charge in [0.05, 0.1) is 8.07 Å². The third-order valence-electron chi connectivity index (χ3n) is 8.26. The van der Waals surface area contributed by atoms with E-state index in [1.54, 1.807) is 16.3 Å². The summed E-state index contributed by atoms with van der Waals surface area (Å²) in [5.41, 5.74) is 6.14. The van der Waals surface area contributed by atoms with Crippen LogP contribution in [0.1, 0.15) is 76.0 Å². The maximum Gasteiger partial charge on any atom is 0.131 e. The van der Waals surface area contributed by atoms with Crippen LogP contribution in [0.25, 0.3) is 6.08 Å². The van der Waals surface area contributed by atoms with Crippen molar-refractivity contribution in [3.8, 4) is 0 Å². The summed E-state index contributed by atoms with van der Waals surface area (Å²) in [5, 5.41) is 1.69. The summed E-state index contributed by atoms with van der Waals surface area (Å²) in [5.74, 6) is 0. The van der Waals surface area contributed by atoms with Crippen molar-refractivity contribution in [2.75, 3.05) is 0 Å². The van der Waals surface area contributed by atoms with E-state index in [4.69, 9.17) is 0 Å². The van der Waals surface area contributed by atoms with Gasteiger partial charge in [-0.25, -0.2) is 0 Å². The summed E-state index contributed by atoms with van der Waals surface area (Å²) in [4.78, 5) is 4.07. The lowest BCUT2D eigenvalue weighted by Crippen LogP contribution is -2.58. The third-order valence-corrected chi connectivity index (χ3v) is 16.7. The molecule has 2 unspecified atom stereocenters. The van der Waals surface area contributed by atoms with Crippen molar-refractivity contribution in [3.05, 3.63) is 88.7 Å². The number of unbranched alkanes of at least 4 members (excludes halogenated alkanes) is 3. The fourth-order valence-corrected chi connectivity index (χ4v) is 15.3. The minimum Gasteiger partial charge on any atom is -0.332 e. The topological polar surface area (TPSA) is 12.0 Å². The zero-order valence-corrected chi connectivity index (χ0v) is 25.0. The van der Waals surface area contributed by atoms with E-state index in [0.717, 1.165) is 6.42 Å². The Morgan fingerprint density at radius 1 is 0.943 bits per heavy atom. The molecular weight excluding hydrogens is 455 g/mol. The predicted octanol–water partition coefficient (Wildman–Crippen LogP) is 9.25. The highest BCUT2D eigenvalue weighted by molar-refractivity contribution is 6.88. The van der Waals surface area contributed by atoms with Crippen molar-refractivity contribution in [1.29, 1.82) is 0 Å². The van der Waals surface area contributed by atoms with Gasteiger partial charge in [0.15, 0.2) is 0 Å². The summed E-state index contributed by atoms with van der Waals surface area (Å²) in [6.45, 7) is 14.6. The quantitative estimate of drug-likeness (QED) is 0.235. The normalized spacial score (nSPS) is 21.4. The molecule has 0 heterocycles. The number of rotatable bonds is 11. The minimum absolute atomic E-state index is 0.155. The van der Waals surface area contributed by atoms with E-state index in [1.807, 2.05) is 0 Å². The van der Waals surface area contributed by atoms with Gasteiger partial charge in [-0.05, 0) is 56.7 Å². The summed E-state index contributed by atoms with van der Waals surface area (Å²) >= 11 is 0. The molecule has 1 nitrogen and oxygen atoms in total. The highest BCUT2D eigenvalue weighted by Crippen LogP contribution is 2.44. The molecule has 0 aromatic heterocycles. The molecule has 4 rings (SSSR count). The van der Waals surface area contributed by atoms with Crippen LogP contribution in [0.4, 0.5) is 0 Å². The van der Waals surface area contributed by atoms with Crippen molar-refractivity contribution in [1.82, 2.24) is 4.98 Å². The molecule has 2 atom stereocenters. The molecule has 0 spiro atoms. The molecule has 0 saturated heterocycles. The summed E-state index contributed by atoms with van der Waals surface area (Å²) < 4.78 is 0. The van der Waals surface area contributed by atoms with E-state index in [-0.39, 0.29) is 5.54 Å². The lowest BCUT2D eigenvalue weighted by atomic mass is 10.0. The zero-order chi connectivity index (χ0) is 25.1. The van der Waals surface area contributed by atoms with E-state index in [0.29, 0.717) is 11.1 Å². The molecular formula is C32H47NSi2. The van der Waals surface area contributed by atoms with Crippen LogP contribution in [0.3, 0.4) is 0 Å². The molecule has 1 aromatic rings. The monoisotopic (exact) mass is 501 g/mol. The van der Waals surface area contributed by atoms with E-state index in [2.05, 4.69) is 118 Å². The van der Waals surface area contributed by atoms with Gasteiger partial charge in [0.2, 0.25) is 0 Å². The maximum absolute atomic E-state index is 4.07. The third kappa shape index (κ3) is 6.18. The van der Waals surface area contributed by atoms with Gasteiger partial charge in [-0.1, -0.05) is 129 Å². The molecule has 188 valence electrons. The van der Waals surface area contributed by atoms with Crippen LogP contribution in [0.2, 0.25) is 31.2 Å². The second-order valence-electron chi connectivity index (χ2n) is 12.8. The molecule has 0 radical (unpaired) electrons. The van der Waals surface area contributed by atoms with Crippen molar-refractivity contribution in [2.45, 2.75) is 102 Å². The summed E-state index contributed by atoms with van der Waals surface area (Å²) in [7, 11) is -3.17. The fourth-order valence-electron chi connectivity index (χ4n) is 6.91. The average Bonchev–Trinajstić information content (AvgIpc) is 3.54. The van der Waals surface area contributed by atoms with Gasteiger partial charge in [-0.3, -0.25) is 0 Å². The lowest BCUT2D eigenvalue weighted by molar-refractivity contribution is 0.507. The molecule has 0 saturated carbocycles. The first-order valence-electron chi connectivity index (χ1n) is 13.9. The standard InChI is InChI=1S/C32H47NSi2/c1-32(2,3)33-34(4,5)31-27(25-26-17-10-15-23-30(26)31)18-9-7-8-16-24-35(6,28-19-11-12-20-28)29-21-13-14-22-29/h10-13,15,17,19-23,25,28,31,33H,7-9,14,16,18,24H2,1-6H3. The van der Waals surface area contributed by atoms with Gasteiger partial charge < -0.3 is 4.98 Å². The van der Waals surface area contributed by atoms with E-state index >= 15 is 0 Å². The first-order chi connectivity index (χ1) is 16.6. The summed E-state index contributed by atoms with van der Waals surface area (Å²) in [6.07, 6.45) is 27.1. The van der Waals surface area contributed by atoms with Crippen LogP contribution in [0, 0.1) is 0 Å². The van der Waals surface area contributed by atoms with Gasteiger partial charge in [0.25, 0.3) is 0 Å². The fraction of sp³-hybridized carbons (Fsp3) is 0.500. The van der Waals surface area contributed by atoms with Crippen molar-refractivity contribution < 1.29 is 0 Å². The van der Waals surface area contributed by atoms with E-state index in [1.165, 1.54) is 43.7 Å². The first kappa shape index (κ1) is 26.4.